The van der Waals surface area contributed by atoms with Crippen molar-refractivity contribution in [1.82, 2.24) is 4.90 Å². The van der Waals surface area contributed by atoms with Crippen LogP contribution in [0.2, 0.25) is 0 Å². The number of benzene rings is 1. The van der Waals surface area contributed by atoms with Crippen molar-refractivity contribution in [3.8, 4) is 0 Å². The molecule has 0 bridgehead atoms. The number of hydrogen-bond acceptors (Lipinski definition) is 2. The van der Waals surface area contributed by atoms with Gasteiger partial charge in [-0.25, -0.2) is 0 Å². The van der Waals surface area contributed by atoms with Gasteiger partial charge in [-0.15, -0.1) is 0 Å². The number of aliphatic carboxylic acids is 1. The van der Waals surface area contributed by atoms with Crippen molar-refractivity contribution in [2.24, 2.45) is 0 Å². The van der Waals surface area contributed by atoms with Gasteiger partial charge >= 0.3 is 5.97 Å². The van der Waals surface area contributed by atoms with Crippen molar-refractivity contribution in [2.45, 2.75) is 52.5 Å². The molecular formula is C17H27NO2. The van der Waals surface area contributed by atoms with Crippen LogP contribution in [0, 0.1) is 13.8 Å². The van der Waals surface area contributed by atoms with Crippen LogP contribution in [-0.4, -0.2) is 35.6 Å². The van der Waals surface area contributed by atoms with Crippen molar-refractivity contribution in [3.05, 3.63) is 34.9 Å². The summed E-state index contributed by atoms with van der Waals surface area (Å²) >= 11 is 0. The number of carbonyl (C=O) groups is 1. The SMILES string of the molecule is CCCCN(C)C(CC(=O)O)Cc1ccc(C)cc1C. The minimum absolute atomic E-state index is 0.0699. The summed E-state index contributed by atoms with van der Waals surface area (Å²) in [7, 11) is 2.03. The summed E-state index contributed by atoms with van der Waals surface area (Å²) in [6.07, 6.45) is 3.25. The van der Waals surface area contributed by atoms with Crippen LogP contribution in [0.1, 0.15) is 42.9 Å². The third-order valence-electron chi connectivity index (χ3n) is 3.85. The van der Waals surface area contributed by atoms with Gasteiger partial charge in [0.25, 0.3) is 0 Å². The number of carboxylic acid groups (broad SMARTS) is 1. The first kappa shape index (κ1) is 16.7. The molecule has 0 aliphatic rings. The molecule has 0 amide bonds. The van der Waals surface area contributed by atoms with Crippen molar-refractivity contribution in [1.29, 1.82) is 0 Å². The average molecular weight is 277 g/mol. The second kappa shape index (κ2) is 8.05. The number of carboxylic acids is 1. The fourth-order valence-electron chi connectivity index (χ4n) is 2.50. The van der Waals surface area contributed by atoms with Crippen molar-refractivity contribution in [2.75, 3.05) is 13.6 Å². The van der Waals surface area contributed by atoms with E-state index in [1.807, 2.05) is 7.05 Å². The van der Waals surface area contributed by atoms with E-state index in [0.717, 1.165) is 25.8 Å². The number of hydrogen-bond donors (Lipinski definition) is 1. The Balaban J connectivity index is 2.80. The molecule has 0 saturated carbocycles. The summed E-state index contributed by atoms with van der Waals surface area (Å²) in [5.41, 5.74) is 3.76. The van der Waals surface area contributed by atoms with Crippen LogP contribution in [0.4, 0.5) is 0 Å². The Hall–Kier alpha value is -1.35. The summed E-state index contributed by atoms with van der Waals surface area (Å²) in [5.74, 6) is -0.719. The Bertz CT molecular complexity index is 443. The maximum Gasteiger partial charge on any atom is 0.304 e. The lowest BCUT2D eigenvalue weighted by atomic mass is 9.97. The molecule has 0 aliphatic carbocycles. The van der Waals surface area contributed by atoms with Gasteiger partial charge in [0.2, 0.25) is 0 Å². The van der Waals surface area contributed by atoms with Gasteiger partial charge in [-0.3, -0.25) is 4.79 Å². The molecule has 1 unspecified atom stereocenters. The number of rotatable bonds is 8. The normalized spacial score (nSPS) is 12.7. The molecule has 1 atom stereocenters. The van der Waals surface area contributed by atoms with E-state index in [0.29, 0.717) is 0 Å². The van der Waals surface area contributed by atoms with Crippen LogP contribution in [0.15, 0.2) is 18.2 Å². The molecule has 3 nitrogen and oxygen atoms in total. The predicted octanol–water partition coefficient (Wildman–Crippen LogP) is 3.42. The van der Waals surface area contributed by atoms with E-state index in [2.05, 4.69) is 43.9 Å². The third kappa shape index (κ3) is 5.33. The maximum absolute atomic E-state index is 11.1. The Kier molecular flexibility index (Phi) is 6.73. The fourth-order valence-corrected chi connectivity index (χ4v) is 2.50. The molecule has 1 N–H and O–H groups in total. The zero-order chi connectivity index (χ0) is 15.1. The molecule has 3 heteroatoms. The Labute approximate surface area is 122 Å². The number of aryl methyl sites for hydroxylation is 2. The van der Waals surface area contributed by atoms with Gasteiger partial charge in [-0.2, -0.15) is 0 Å². The van der Waals surface area contributed by atoms with Crippen molar-refractivity contribution >= 4 is 5.97 Å². The first-order valence-electron chi connectivity index (χ1n) is 7.42. The summed E-state index contributed by atoms with van der Waals surface area (Å²) in [4.78, 5) is 13.3. The molecule has 0 aromatic heterocycles. The minimum Gasteiger partial charge on any atom is -0.481 e. The quantitative estimate of drug-likeness (QED) is 0.791. The average Bonchev–Trinajstić information content (AvgIpc) is 2.37. The monoisotopic (exact) mass is 277 g/mol. The molecule has 1 aromatic carbocycles. The summed E-state index contributed by atoms with van der Waals surface area (Å²) in [6.45, 7) is 7.30. The lowest BCUT2D eigenvalue weighted by Crippen LogP contribution is -2.36. The maximum atomic E-state index is 11.1. The molecule has 1 rings (SSSR count). The molecule has 0 radical (unpaired) electrons. The summed E-state index contributed by atoms with van der Waals surface area (Å²) in [6, 6.07) is 6.47. The largest absolute Gasteiger partial charge is 0.481 e. The van der Waals surface area contributed by atoms with Gasteiger partial charge in [0, 0.05) is 6.04 Å². The first-order chi connectivity index (χ1) is 9.43. The summed E-state index contributed by atoms with van der Waals surface area (Å²) < 4.78 is 0. The van der Waals surface area contributed by atoms with Gasteiger partial charge in [0.1, 0.15) is 0 Å². The van der Waals surface area contributed by atoms with Crippen LogP contribution in [0.3, 0.4) is 0 Å². The first-order valence-corrected chi connectivity index (χ1v) is 7.42. The highest BCUT2D eigenvalue weighted by Crippen LogP contribution is 2.17. The topological polar surface area (TPSA) is 40.5 Å². The van der Waals surface area contributed by atoms with Crippen LogP contribution in [-0.2, 0) is 11.2 Å². The smallest absolute Gasteiger partial charge is 0.304 e. The van der Waals surface area contributed by atoms with Crippen LogP contribution >= 0.6 is 0 Å². The van der Waals surface area contributed by atoms with Crippen molar-refractivity contribution < 1.29 is 9.90 Å². The lowest BCUT2D eigenvalue weighted by molar-refractivity contribution is -0.138. The molecule has 0 fully saturated rings. The molecule has 0 spiro atoms. The number of unbranched alkanes of at least 4 members (excludes halogenated alkanes) is 1. The molecule has 0 heterocycles. The van der Waals surface area contributed by atoms with E-state index < -0.39 is 5.97 Å². The molecule has 112 valence electrons. The van der Waals surface area contributed by atoms with E-state index in [-0.39, 0.29) is 12.5 Å². The Morgan fingerprint density at radius 1 is 1.35 bits per heavy atom. The Morgan fingerprint density at radius 2 is 2.05 bits per heavy atom. The Morgan fingerprint density at radius 3 is 2.60 bits per heavy atom. The molecule has 0 aliphatic heterocycles. The molecular weight excluding hydrogens is 250 g/mol. The second-order valence-corrected chi connectivity index (χ2v) is 5.72. The zero-order valence-corrected chi connectivity index (χ0v) is 13.1. The van der Waals surface area contributed by atoms with Crippen LogP contribution in [0.25, 0.3) is 0 Å². The van der Waals surface area contributed by atoms with Crippen molar-refractivity contribution in [3.63, 3.8) is 0 Å². The predicted molar refractivity (Wildman–Crippen MR) is 83.2 cm³/mol. The standard InChI is InChI=1S/C17H27NO2/c1-5-6-9-18(4)16(12-17(19)20)11-15-8-7-13(2)10-14(15)3/h7-8,10,16H,5-6,9,11-12H2,1-4H3,(H,19,20). The van der Waals surface area contributed by atoms with E-state index in [9.17, 15) is 4.79 Å². The van der Waals surface area contributed by atoms with Gasteiger partial charge in [-0.1, -0.05) is 37.1 Å². The van der Waals surface area contributed by atoms with Gasteiger partial charge in [-0.05, 0) is 51.4 Å². The van der Waals surface area contributed by atoms with Crippen LogP contribution < -0.4 is 0 Å². The highest BCUT2D eigenvalue weighted by atomic mass is 16.4. The zero-order valence-electron chi connectivity index (χ0n) is 13.1. The van der Waals surface area contributed by atoms with E-state index in [1.165, 1.54) is 16.7 Å². The highest BCUT2D eigenvalue weighted by molar-refractivity contribution is 5.67. The number of likely N-dealkylation sites (N-methyl/N-ethyl adjacent to an activating group) is 1. The van der Waals surface area contributed by atoms with Gasteiger partial charge < -0.3 is 10.0 Å². The van der Waals surface area contributed by atoms with Crippen LogP contribution in [0.5, 0.6) is 0 Å². The van der Waals surface area contributed by atoms with Gasteiger partial charge in [0.05, 0.1) is 6.42 Å². The fraction of sp³-hybridized carbons (Fsp3) is 0.588. The second-order valence-electron chi connectivity index (χ2n) is 5.72. The minimum atomic E-state index is -0.719. The lowest BCUT2D eigenvalue weighted by Gasteiger charge is -2.27. The molecule has 20 heavy (non-hydrogen) atoms. The number of nitrogens with zero attached hydrogens (tertiary/aromatic N) is 1. The third-order valence-corrected chi connectivity index (χ3v) is 3.85. The van der Waals surface area contributed by atoms with Gasteiger partial charge in [0.15, 0.2) is 0 Å². The summed E-state index contributed by atoms with van der Waals surface area (Å²) in [5, 5.41) is 9.12. The van der Waals surface area contributed by atoms with E-state index >= 15 is 0 Å². The van der Waals surface area contributed by atoms with E-state index in [1.54, 1.807) is 0 Å². The highest BCUT2D eigenvalue weighted by Gasteiger charge is 2.19. The molecule has 1 aromatic rings. The van der Waals surface area contributed by atoms with E-state index in [4.69, 9.17) is 5.11 Å². The molecule has 0 saturated heterocycles.